The molecule has 84 valence electrons. The highest BCUT2D eigenvalue weighted by atomic mass is 35.5. The normalized spacial score (nSPS) is 12.9. The summed E-state index contributed by atoms with van der Waals surface area (Å²) in [5, 5.41) is 13.0. The van der Waals surface area contributed by atoms with Crippen molar-refractivity contribution >= 4 is 17.5 Å². The molecule has 0 aliphatic rings. The smallest absolute Gasteiger partial charge is 0.222 e. The molecule has 0 saturated heterocycles. The van der Waals surface area contributed by atoms with E-state index in [-0.39, 0.29) is 6.10 Å². The number of hydrogen-bond acceptors (Lipinski definition) is 4. The summed E-state index contributed by atoms with van der Waals surface area (Å²) in [7, 11) is 0. The van der Waals surface area contributed by atoms with Crippen molar-refractivity contribution in [1.29, 1.82) is 0 Å². The third-order valence-electron chi connectivity index (χ3n) is 1.86. The van der Waals surface area contributed by atoms with Gasteiger partial charge in [0.15, 0.2) is 0 Å². The van der Waals surface area contributed by atoms with Crippen LogP contribution >= 0.6 is 11.6 Å². The quantitative estimate of drug-likeness (QED) is 0.810. The number of halogens is 1. The Morgan fingerprint density at radius 1 is 1.40 bits per heavy atom. The molecule has 0 aliphatic carbocycles. The van der Waals surface area contributed by atoms with Gasteiger partial charge in [0, 0.05) is 6.54 Å². The Balaban J connectivity index is 2.33. The van der Waals surface area contributed by atoms with E-state index < -0.39 is 0 Å². The summed E-state index contributed by atoms with van der Waals surface area (Å²) < 4.78 is 0. The van der Waals surface area contributed by atoms with Crippen LogP contribution in [0.2, 0.25) is 5.02 Å². The summed E-state index contributed by atoms with van der Waals surface area (Å²) in [5.74, 6) is 0.968. The minimum absolute atomic E-state index is 0.371. The van der Waals surface area contributed by atoms with Crippen molar-refractivity contribution in [2.24, 2.45) is 5.92 Å². The number of nitrogens with zero attached hydrogens (tertiary/aromatic N) is 2. The lowest BCUT2D eigenvalue weighted by atomic mass is 10.1. The molecule has 5 heteroatoms. The average molecular weight is 230 g/mol. The van der Waals surface area contributed by atoms with E-state index in [1.54, 1.807) is 0 Å². The minimum Gasteiger partial charge on any atom is -0.391 e. The second-order valence-electron chi connectivity index (χ2n) is 3.89. The largest absolute Gasteiger partial charge is 0.391 e. The van der Waals surface area contributed by atoms with Gasteiger partial charge in [0.2, 0.25) is 5.95 Å². The van der Waals surface area contributed by atoms with E-state index in [0.717, 1.165) is 6.42 Å². The van der Waals surface area contributed by atoms with Gasteiger partial charge in [0.25, 0.3) is 0 Å². The third-order valence-corrected chi connectivity index (χ3v) is 2.05. The highest BCUT2D eigenvalue weighted by molar-refractivity contribution is 6.30. The van der Waals surface area contributed by atoms with Gasteiger partial charge in [-0.05, 0) is 12.3 Å². The van der Waals surface area contributed by atoms with Gasteiger partial charge in [-0.3, -0.25) is 0 Å². The number of rotatable bonds is 5. The van der Waals surface area contributed by atoms with E-state index in [4.69, 9.17) is 11.6 Å². The zero-order valence-corrected chi connectivity index (χ0v) is 9.70. The monoisotopic (exact) mass is 229 g/mol. The maximum Gasteiger partial charge on any atom is 0.222 e. The first-order chi connectivity index (χ1) is 7.08. The molecule has 0 unspecified atom stereocenters. The Hall–Kier alpha value is -0.870. The van der Waals surface area contributed by atoms with Crippen molar-refractivity contribution in [3.05, 3.63) is 17.4 Å². The van der Waals surface area contributed by atoms with Crippen LogP contribution in [0.15, 0.2) is 12.4 Å². The molecule has 0 aromatic carbocycles. The van der Waals surface area contributed by atoms with Crippen LogP contribution in [-0.4, -0.2) is 27.7 Å². The van der Waals surface area contributed by atoms with E-state index in [9.17, 15) is 5.11 Å². The van der Waals surface area contributed by atoms with Gasteiger partial charge in [-0.15, -0.1) is 0 Å². The van der Waals surface area contributed by atoms with Crippen LogP contribution in [0, 0.1) is 5.92 Å². The first-order valence-corrected chi connectivity index (χ1v) is 5.35. The SMILES string of the molecule is CC(C)C[C@@H](O)CNc1ncc(Cl)cn1. The van der Waals surface area contributed by atoms with Gasteiger partial charge in [-0.1, -0.05) is 25.4 Å². The van der Waals surface area contributed by atoms with E-state index >= 15 is 0 Å². The van der Waals surface area contributed by atoms with Crippen molar-refractivity contribution in [2.75, 3.05) is 11.9 Å². The number of aromatic nitrogens is 2. The van der Waals surface area contributed by atoms with Crippen molar-refractivity contribution < 1.29 is 5.11 Å². The van der Waals surface area contributed by atoms with E-state index in [1.165, 1.54) is 12.4 Å². The van der Waals surface area contributed by atoms with Crippen LogP contribution in [0.1, 0.15) is 20.3 Å². The van der Waals surface area contributed by atoms with Crippen LogP contribution in [0.4, 0.5) is 5.95 Å². The summed E-state index contributed by atoms with van der Waals surface area (Å²) in [6, 6.07) is 0. The zero-order valence-electron chi connectivity index (χ0n) is 8.94. The molecule has 0 fully saturated rings. The molecule has 1 rings (SSSR count). The summed E-state index contributed by atoms with van der Waals surface area (Å²) in [5.41, 5.74) is 0. The predicted molar refractivity (Wildman–Crippen MR) is 61.0 cm³/mol. The maximum absolute atomic E-state index is 9.59. The molecule has 2 N–H and O–H groups in total. The lowest BCUT2D eigenvalue weighted by Crippen LogP contribution is -2.22. The first kappa shape index (κ1) is 12.2. The van der Waals surface area contributed by atoms with Crippen LogP contribution < -0.4 is 5.32 Å². The first-order valence-electron chi connectivity index (χ1n) is 4.97. The molecule has 0 radical (unpaired) electrons. The zero-order chi connectivity index (χ0) is 11.3. The molecule has 4 nitrogen and oxygen atoms in total. The lowest BCUT2D eigenvalue weighted by Gasteiger charge is -2.13. The van der Waals surface area contributed by atoms with Gasteiger partial charge in [0.1, 0.15) is 0 Å². The fraction of sp³-hybridized carbons (Fsp3) is 0.600. The Bertz CT molecular complexity index is 289. The number of anilines is 1. The molecule has 1 atom stereocenters. The van der Waals surface area contributed by atoms with Crippen molar-refractivity contribution in [3.8, 4) is 0 Å². The number of nitrogens with one attached hydrogen (secondary N) is 1. The summed E-state index contributed by atoms with van der Waals surface area (Å²) in [4.78, 5) is 7.93. The van der Waals surface area contributed by atoms with Gasteiger partial charge in [0.05, 0.1) is 23.5 Å². The van der Waals surface area contributed by atoms with Gasteiger partial charge >= 0.3 is 0 Å². The summed E-state index contributed by atoms with van der Waals surface area (Å²) in [6.45, 7) is 4.60. The molecule has 1 aromatic heterocycles. The summed E-state index contributed by atoms with van der Waals surface area (Å²) in [6.07, 6.45) is 3.43. The van der Waals surface area contributed by atoms with E-state index in [1.807, 2.05) is 0 Å². The van der Waals surface area contributed by atoms with Crippen molar-refractivity contribution in [2.45, 2.75) is 26.4 Å². The molecule has 0 spiro atoms. The standard InChI is InChI=1S/C10H16ClN3O/c1-7(2)3-9(15)6-14-10-12-4-8(11)5-13-10/h4-5,7,9,15H,3,6H2,1-2H3,(H,12,13,14)/t9-/m1/s1. The molecule has 0 amide bonds. The van der Waals surface area contributed by atoms with Crippen molar-refractivity contribution in [1.82, 2.24) is 9.97 Å². The Morgan fingerprint density at radius 2 is 2.00 bits per heavy atom. The van der Waals surface area contributed by atoms with Crippen LogP contribution in [0.3, 0.4) is 0 Å². The molecular formula is C10H16ClN3O. The van der Waals surface area contributed by atoms with Crippen molar-refractivity contribution in [3.63, 3.8) is 0 Å². The number of aliphatic hydroxyl groups is 1. The molecule has 0 aliphatic heterocycles. The average Bonchev–Trinajstić information content (AvgIpc) is 2.16. The molecule has 0 saturated carbocycles. The fourth-order valence-corrected chi connectivity index (χ4v) is 1.34. The lowest BCUT2D eigenvalue weighted by molar-refractivity contribution is 0.161. The van der Waals surface area contributed by atoms with Crippen LogP contribution in [-0.2, 0) is 0 Å². The third kappa shape index (κ3) is 4.95. The van der Waals surface area contributed by atoms with E-state index in [2.05, 4.69) is 29.1 Å². The maximum atomic E-state index is 9.59. The minimum atomic E-state index is -0.371. The summed E-state index contributed by atoms with van der Waals surface area (Å²) >= 11 is 5.64. The highest BCUT2D eigenvalue weighted by Crippen LogP contribution is 2.07. The number of hydrogen-bond donors (Lipinski definition) is 2. The topological polar surface area (TPSA) is 58.0 Å². The fourth-order valence-electron chi connectivity index (χ4n) is 1.24. The molecular weight excluding hydrogens is 214 g/mol. The van der Waals surface area contributed by atoms with Crippen LogP contribution in [0.25, 0.3) is 0 Å². The second-order valence-corrected chi connectivity index (χ2v) is 4.33. The Kier molecular flexibility index (Phi) is 4.78. The molecule has 1 aromatic rings. The molecule has 0 bridgehead atoms. The van der Waals surface area contributed by atoms with Crippen LogP contribution in [0.5, 0.6) is 0 Å². The van der Waals surface area contributed by atoms with E-state index in [0.29, 0.717) is 23.4 Å². The van der Waals surface area contributed by atoms with Gasteiger partial charge in [-0.25, -0.2) is 9.97 Å². The highest BCUT2D eigenvalue weighted by Gasteiger charge is 2.07. The second kappa shape index (κ2) is 5.88. The Morgan fingerprint density at radius 3 is 2.53 bits per heavy atom. The molecule has 1 heterocycles. The van der Waals surface area contributed by atoms with Gasteiger partial charge < -0.3 is 10.4 Å². The Labute approximate surface area is 94.7 Å². The number of aliphatic hydroxyl groups excluding tert-OH is 1. The predicted octanol–water partition coefficient (Wildman–Crippen LogP) is 1.95. The van der Waals surface area contributed by atoms with Gasteiger partial charge in [-0.2, -0.15) is 0 Å². The molecule has 15 heavy (non-hydrogen) atoms.